The van der Waals surface area contributed by atoms with E-state index in [2.05, 4.69) is 10.5 Å². The number of sulfone groups is 1. The number of nitrogens with zero attached hydrogens (tertiary/aromatic N) is 1. The molecule has 6 nitrogen and oxygen atoms in total. The van der Waals surface area contributed by atoms with Gasteiger partial charge in [-0.1, -0.05) is 11.6 Å². The second-order valence-corrected chi connectivity index (χ2v) is 8.03. The van der Waals surface area contributed by atoms with Gasteiger partial charge in [0.15, 0.2) is 9.84 Å². The molecule has 1 aliphatic rings. The number of halogens is 1. The molecule has 1 saturated heterocycles. The summed E-state index contributed by atoms with van der Waals surface area (Å²) in [6.07, 6.45) is 0.630. The van der Waals surface area contributed by atoms with Crippen LogP contribution in [0, 0.1) is 5.92 Å². The van der Waals surface area contributed by atoms with Gasteiger partial charge in [0.2, 0.25) is 5.91 Å². The van der Waals surface area contributed by atoms with E-state index >= 15 is 0 Å². The quantitative estimate of drug-likeness (QED) is 0.642. The first kappa shape index (κ1) is 16.8. The Balaban J connectivity index is 1.96. The molecular formula is C14H17ClN2O4S. The number of amides is 1. The number of hydrazone groups is 1. The van der Waals surface area contributed by atoms with Crippen LogP contribution in [0.3, 0.4) is 0 Å². The van der Waals surface area contributed by atoms with Gasteiger partial charge < -0.3 is 5.11 Å². The highest BCUT2D eigenvalue weighted by molar-refractivity contribution is 7.91. The largest absolute Gasteiger partial charge is 0.507 e. The van der Waals surface area contributed by atoms with Crippen molar-refractivity contribution in [3.8, 4) is 5.75 Å². The Morgan fingerprint density at radius 1 is 1.50 bits per heavy atom. The van der Waals surface area contributed by atoms with E-state index in [0.717, 1.165) is 0 Å². The predicted molar refractivity (Wildman–Crippen MR) is 84.8 cm³/mol. The minimum Gasteiger partial charge on any atom is -0.507 e. The molecule has 1 aromatic carbocycles. The zero-order valence-electron chi connectivity index (χ0n) is 12.0. The fourth-order valence-electron chi connectivity index (χ4n) is 2.35. The summed E-state index contributed by atoms with van der Waals surface area (Å²) >= 11 is 5.85. The minimum atomic E-state index is -2.99. The van der Waals surface area contributed by atoms with Gasteiger partial charge in [0.1, 0.15) is 5.75 Å². The highest BCUT2D eigenvalue weighted by Gasteiger charge is 2.29. The van der Waals surface area contributed by atoms with Gasteiger partial charge in [0, 0.05) is 17.0 Å². The maximum atomic E-state index is 11.8. The van der Waals surface area contributed by atoms with Crippen LogP contribution in [0.25, 0.3) is 0 Å². The molecule has 0 spiro atoms. The maximum Gasteiger partial charge on any atom is 0.240 e. The zero-order valence-corrected chi connectivity index (χ0v) is 13.6. The number of aromatic hydroxyl groups is 1. The van der Waals surface area contributed by atoms with Crippen LogP contribution in [0.1, 0.15) is 25.3 Å². The highest BCUT2D eigenvalue weighted by atomic mass is 35.5. The summed E-state index contributed by atoms with van der Waals surface area (Å²) in [5.41, 5.74) is 3.22. The first-order valence-electron chi connectivity index (χ1n) is 6.79. The third-order valence-electron chi connectivity index (χ3n) is 3.50. The van der Waals surface area contributed by atoms with Crippen LogP contribution < -0.4 is 5.43 Å². The summed E-state index contributed by atoms with van der Waals surface area (Å²) < 4.78 is 22.7. The number of phenolic OH excluding ortho intramolecular Hbond substituents is 1. The molecule has 22 heavy (non-hydrogen) atoms. The van der Waals surface area contributed by atoms with E-state index in [1.165, 1.54) is 6.07 Å². The lowest BCUT2D eigenvalue weighted by atomic mass is 10.1. The molecule has 8 heteroatoms. The molecule has 0 bridgehead atoms. The summed E-state index contributed by atoms with van der Waals surface area (Å²) in [5, 5.41) is 14.1. The van der Waals surface area contributed by atoms with Crippen LogP contribution in [0.4, 0.5) is 0 Å². The van der Waals surface area contributed by atoms with Crippen LogP contribution in [0.2, 0.25) is 5.02 Å². The molecule has 1 atom stereocenters. The average Bonchev–Trinajstić information content (AvgIpc) is 2.78. The van der Waals surface area contributed by atoms with Crippen LogP contribution >= 0.6 is 11.6 Å². The third kappa shape index (κ3) is 4.45. The van der Waals surface area contributed by atoms with Crippen LogP contribution in [0.15, 0.2) is 23.3 Å². The second-order valence-electron chi connectivity index (χ2n) is 5.37. The molecule has 0 aliphatic carbocycles. The molecule has 2 N–H and O–H groups in total. The number of carbonyl (C=O) groups excluding carboxylic acids is 1. The monoisotopic (exact) mass is 344 g/mol. The second kappa shape index (κ2) is 6.66. The maximum absolute atomic E-state index is 11.8. The van der Waals surface area contributed by atoms with Crippen LogP contribution in [0.5, 0.6) is 5.75 Å². The average molecular weight is 345 g/mol. The van der Waals surface area contributed by atoms with Crippen LogP contribution in [-0.2, 0) is 14.6 Å². The lowest BCUT2D eigenvalue weighted by molar-refractivity contribution is -0.121. The van der Waals surface area contributed by atoms with Crippen molar-refractivity contribution in [3.05, 3.63) is 28.8 Å². The summed E-state index contributed by atoms with van der Waals surface area (Å²) in [7, 11) is -2.99. The first-order valence-corrected chi connectivity index (χ1v) is 8.99. The molecule has 0 saturated carbocycles. The molecule has 0 unspecified atom stereocenters. The van der Waals surface area contributed by atoms with Gasteiger partial charge in [-0.25, -0.2) is 13.8 Å². The van der Waals surface area contributed by atoms with E-state index in [9.17, 15) is 18.3 Å². The van der Waals surface area contributed by atoms with E-state index in [1.54, 1.807) is 19.1 Å². The lowest BCUT2D eigenvalue weighted by Gasteiger charge is -2.07. The van der Waals surface area contributed by atoms with Gasteiger partial charge >= 0.3 is 0 Å². The van der Waals surface area contributed by atoms with Crippen molar-refractivity contribution in [1.29, 1.82) is 0 Å². The van der Waals surface area contributed by atoms with Crippen molar-refractivity contribution >= 4 is 33.1 Å². The van der Waals surface area contributed by atoms with E-state index in [4.69, 9.17) is 11.6 Å². The molecule has 1 heterocycles. The van der Waals surface area contributed by atoms with Gasteiger partial charge in [-0.2, -0.15) is 5.10 Å². The van der Waals surface area contributed by atoms with Gasteiger partial charge in [-0.3, -0.25) is 4.79 Å². The summed E-state index contributed by atoms with van der Waals surface area (Å²) in [6, 6.07) is 4.54. The standard InChI is InChI=1S/C14H17ClN2O4S/c1-9(12-7-11(15)2-3-13(12)18)16-17-14(19)6-10-4-5-22(20,21)8-10/h2-3,7,10,18H,4-6,8H2,1H3,(H,17,19)/b16-9+/t10-/m0/s1. The topological polar surface area (TPSA) is 95.8 Å². The normalized spacial score (nSPS) is 20.8. The molecule has 1 fully saturated rings. The number of phenols is 1. The summed E-state index contributed by atoms with van der Waals surface area (Å²) in [4.78, 5) is 11.8. The summed E-state index contributed by atoms with van der Waals surface area (Å²) in [6.45, 7) is 1.63. The Morgan fingerprint density at radius 3 is 2.86 bits per heavy atom. The fourth-order valence-corrected chi connectivity index (χ4v) is 4.38. The Hall–Kier alpha value is -1.60. The Kier molecular flexibility index (Phi) is 5.08. The Morgan fingerprint density at radius 2 is 2.23 bits per heavy atom. The van der Waals surface area contributed by atoms with Crippen molar-refractivity contribution in [2.45, 2.75) is 19.8 Å². The van der Waals surface area contributed by atoms with Crippen molar-refractivity contribution < 1.29 is 18.3 Å². The fraction of sp³-hybridized carbons (Fsp3) is 0.429. The number of nitrogens with one attached hydrogen (secondary N) is 1. The van der Waals surface area contributed by atoms with Gasteiger partial charge in [-0.15, -0.1) is 0 Å². The Bertz CT molecular complexity index is 716. The first-order chi connectivity index (χ1) is 10.3. The van der Waals surface area contributed by atoms with E-state index < -0.39 is 9.84 Å². The van der Waals surface area contributed by atoms with Crippen LogP contribution in [-0.4, -0.2) is 36.6 Å². The molecule has 0 aromatic heterocycles. The number of carbonyl (C=O) groups is 1. The van der Waals surface area contributed by atoms with Crippen molar-refractivity contribution in [1.82, 2.24) is 5.43 Å². The molecule has 2 rings (SSSR count). The van der Waals surface area contributed by atoms with Gasteiger partial charge in [-0.05, 0) is 37.5 Å². The molecule has 1 aromatic rings. The van der Waals surface area contributed by atoms with Crippen molar-refractivity contribution in [2.24, 2.45) is 11.0 Å². The van der Waals surface area contributed by atoms with Crippen molar-refractivity contribution in [2.75, 3.05) is 11.5 Å². The SMILES string of the molecule is C/C(=N\NC(=O)C[C@@H]1CCS(=O)(=O)C1)c1cc(Cl)ccc1O. The smallest absolute Gasteiger partial charge is 0.240 e. The van der Waals surface area contributed by atoms with E-state index in [0.29, 0.717) is 22.7 Å². The number of hydrogen-bond acceptors (Lipinski definition) is 5. The third-order valence-corrected chi connectivity index (χ3v) is 5.57. The molecule has 120 valence electrons. The molecule has 1 amide bonds. The minimum absolute atomic E-state index is 0.0155. The molecule has 0 radical (unpaired) electrons. The predicted octanol–water partition coefficient (Wildman–Crippen LogP) is 1.71. The number of benzene rings is 1. The van der Waals surface area contributed by atoms with Gasteiger partial charge in [0.25, 0.3) is 0 Å². The zero-order chi connectivity index (χ0) is 16.3. The highest BCUT2D eigenvalue weighted by Crippen LogP contribution is 2.23. The lowest BCUT2D eigenvalue weighted by Crippen LogP contribution is -2.22. The molecule has 1 aliphatic heterocycles. The number of hydrogen-bond donors (Lipinski definition) is 2. The van der Waals surface area contributed by atoms with Crippen molar-refractivity contribution in [3.63, 3.8) is 0 Å². The van der Waals surface area contributed by atoms with E-state index in [-0.39, 0.29) is 35.5 Å². The summed E-state index contributed by atoms with van der Waals surface area (Å²) in [5.74, 6) is -0.285. The van der Waals surface area contributed by atoms with Gasteiger partial charge in [0.05, 0.1) is 17.2 Å². The Labute approximate surface area is 134 Å². The molecular weight excluding hydrogens is 328 g/mol. The van der Waals surface area contributed by atoms with E-state index in [1.807, 2.05) is 0 Å². The number of rotatable bonds is 4.